The lowest BCUT2D eigenvalue weighted by atomic mass is 10.2. The van der Waals surface area contributed by atoms with Gasteiger partial charge in [0.25, 0.3) is 5.91 Å². The van der Waals surface area contributed by atoms with Crippen molar-refractivity contribution >= 4 is 17.3 Å². The molecule has 0 fully saturated rings. The van der Waals surface area contributed by atoms with E-state index in [9.17, 15) is 14.3 Å². The Bertz CT molecular complexity index is 659. The standard InChI is InChI=1S/C14H13FN2O3/c1-20-13-5-2-8(6-12(13)18)14(19)17-9-3-4-11(16)10(15)7-9/h2-7,18H,16H2,1H3,(H,17,19). The highest BCUT2D eigenvalue weighted by atomic mass is 19.1. The number of rotatable bonds is 3. The molecule has 0 aliphatic rings. The van der Waals surface area contributed by atoms with E-state index in [0.717, 1.165) is 6.07 Å². The number of benzene rings is 2. The number of ether oxygens (including phenoxy) is 1. The van der Waals surface area contributed by atoms with Gasteiger partial charge in [0.05, 0.1) is 12.8 Å². The van der Waals surface area contributed by atoms with E-state index in [1.807, 2.05) is 0 Å². The summed E-state index contributed by atoms with van der Waals surface area (Å²) in [7, 11) is 1.41. The van der Waals surface area contributed by atoms with Gasteiger partial charge >= 0.3 is 0 Å². The third kappa shape index (κ3) is 2.80. The molecule has 0 spiro atoms. The molecule has 1 amide bonds. The molecule has 20 heavy (non-hydrogen) atoms. The van der Waals surface area contributed by atoms with Crippen molar-refractivity contribution in [1.82, 2.24) is 0 Å². The first-order chi connectivity index (χ1) is 9.51. The summed E-state index contributed by atoms with van der Waals surface area (Å²) < 4.78 is 18.1. The molecule has 0 heterocycles. The zero-order chi connectivity index (χ0) is 14.7. The van der Waals surface area contributed by atoms with Crippen molar-refractivity contribution in [3.8, 4) is 11.5 Å². The Balaban J connectivity index is 2.19. The number of hydrogen-bond donors (Lipinski definition) is 3. The largest absolute Gasteiger partial charge is 0.504 e. The Morgan fingerprint density at radius 2 is 2.05 bits per heavy atom. The second-order valence-corrected chi connectivity index (χ2v) is 4.08. The first kappa shape index (κ1) is 13.7. The topological polar surface area (TPSA) is 84.6 Å². The molecule has 2 aromatic carbocycles. The Morgan fingerprint density at radius 1 is 1.30 bits per heavy atom. The summed E-state index contributed by atoms with van der Waals surface area (Å²) in [6.45, 7) is 0. The van der Waals surface area contributed by atoms with Crippen LogP contribution < -0.4 is 15.8 Å². The maximum absolute atomic E-state index is 13.3. The van der Waals surface area contributed by atoms with Crippen molar-refractivity contribution in [3.63, 3.8) is 0 Å². The van der Waals surface area contributed by atoms with Gasteiger partial charge in [-0.05, 0) is 36.4 Å². The lowest BCUT2D eigenvalue weighted by Crippen LogP contribution is -2.12. The Hall–Kier alpha value is -2.76. The molecule has 0 saturated heterocycles. The second-order valence-electron chi connectivity index (χ2n) is 4.08. The van der Waals surface area contributed by atoms with Gasteiger partial charge in [0.2, 0.25) is 0 Å². The molecule has 0 aromatic heterocycles. The van der Waals surface area contributed by atoms with Crippen LogP contribution in [0, 0.1) is 5.82 Å². The molecule has 0 aliphatic carbocycles. The van der Waals surface area contributed by atoms with Gasteiger partial charge in [-0.15, -0.1) is 0 Å². The van der Waals surface area contributed by atoms with Crippen molar-refractivity contribution in [2.45, 2.75) is 0 Å². The summed E-state index contributed by atoms with van der Waals surface area (Å²) >= 11 is 0. The number of phenolic OH excluding ortho intramolecular Hbond substituents is 1. The summed E-state index contributed by atoms with van der Waals surface area (Å²) in [6.07, 6.45) is 0. The van der Waals surface area contributed by atoms with E-state index in [1.165, 1.54) is 37.4 Å². The zero-order valence-electron chi connectivity index (χ0n) is 10.7. The maximum atomic E-state index is 13.3. The number of nitrogens with two attached hydrogens (primary N) is 1. The van der Waals surface area contributed by atoms with Gasteiger partial charge < -0.3 is 20.9 Å². The summed E-state index contributed by atoms with van der Waals surface area (Å²) in [5, 5.41) is 12.1. The van der Waals surface area contributed by atoms with E-state index >= 15 is 0 Å². The average Bonchev–Trinajstić information content (AvgIpc) is 2.42. The minimum Gasteiger partial charge on any atom is -0.504 e. The van der Waals surface area contributed by atoms with E-state index in [0.29, 0.717) is 0 Å². The summed E-state index contributed by atoms with van der Waals surface area (Å²) in [5.74, 6) is -0.976. The number of carbonyl (C=O) groups excluding carboxylic acids is 1. The molecule has 6 heteroatoms. The normalized spacial score (nSPS) is 10.1. The molecule has 0 bridgehead atoms. The fourth-order valence-electron chi connectivity index (χ4n) is 1.64. The van der Waals surface area contributed by atoms with Crippen LogP contribution in [0.2, 0.25) is 0 Å². The summed E-state index contributed by atoms with van der Waals surface area (Å²) in [6, 6.07) is 8.18. The molecule has 4 N–H and O–H groups in total. The number of hydrogen-bond acceptors (Lipinski definition) is 4. The molecule has 0 aliphatic heterocycles. The van der Waals surface area contributed by atoms with Crippen LogP contribution in [0.5, 0.6) is 11.5 Å². The van der Waals surface area contributed by atoms with Crippen molar-refractivity contribution in [3.05, 3.63) is 47.8 Å². The lowest BCUT2D eigenvalue weighted by Gasteiger charge is -2.08. The molecule has 2 aromatic rings. The fraction of sp³-hybridized carbons (Fsp3) is 0.0714. The number of halogens is 1. The molecular formula is C14H13FN2O3. The maximum Gasteiger partial charge on any atom is 0.255 e. The number of carbonyl (C=O) groups is 1. The van der Waals surface area contributed by atoms with E-state index in [2.05, 4.69) is 5.32 Å². The number of nitrogens with one attached hydrogen (secondary N) is 1. The SMILES string of the molecule is COc1ccc(C(=O)Nc2ccc(N)c(F)c2)cc1O. The average molecular weight is 276 g/mol. The van der Waals surface area contributed by atoms with E-state index in [1.54, 1.807) is 0 Å². The number of nitrogen functional groups attached to an aromatic ring is 1. The number of anilines is 2. The van der Waals surface area contributed by atoms with Crippen molar-refractivity contribution in [1.29, 1.82) is 0 Å². The van der Waals surface area contributed by atoms with E-state index in [4.69, 9.17) is 10.5 Å². The smallest absolute Gasteiger partial charge is 0.255 e. The molecule has 0 atom stereocenters. The summed E-state index contributed by atoms with van der Waals surface area (Å²) in [4.78, 5) is 11.9. The number of methoxy groups -OCH3 is 1. The van der Waals surface area contributed by atoms with Crippen LogP contribution in [0.4, 0.5) is 15.8 Å². The third-order valence-electron chi connectivity index (χ3n) is 2.70. The van der Waals surface area contributed by atoms with Crippen LogP contribution in [0.1, 0.15) is 10.4 Å². The molecule has 2 rings (SSSR count). The van der Waals surface area contributed by atoms with Gasteiger partial charge in [-0.25, -0.2) is 4.39 Å². The minimum absolute atomic E-state index is 0.00471. The molecule has 104 valence electrons. The Morgan fingerprint density at radius 3 is 2.65 bits per heavy atom. The number of aromatic hydroxyl groups is 1. The third-order valence-corrected chi connectivity index (χ3v) is 2.70. The Kier molecular flexibility index (Phi) is 3.74. The minimum atomic E-state index is -0.611. The van der Waals surface area contributed by atoms with Crippen LogP contribution in [0.3, 0.4) is 0 Å². The van der Waals surface area contributed by atoms with Gasteiger partial charge in [0.1, 0.15) is 5.82 Å². The van der Waals surface area contributed by atoms with Crippen LogP contribution in [-0.2, 0) is 0 Å². The molecule has 0 unspecified atom stereocenters. The first-order valence-corrected chi connectivity index (χ1v) is 5.74. The van der Waals surface area contributed by atoms with E-state index < -0.39 is 11.7 Å². The van der Waals surface area contributed by atoms with Gasteiger partial charge in [-0.3, -0.25) is 4.79 Å². The highest BCUT2D eigenvalue weighted by molar-refractivity contribution is 6.04. The first-order valence-electron chi connectivity index (χ1n) is 5.74. The monoisotopic (exact) mass is 276 g/mol. The van der Waals surface area contributed by atoms with Crippen molar-refractivity contribution in [2.75, 3.05) is 18.2 Å². The molecule has 5 nitrogen and oxygen atoms in total. The number of amides is 1. The quantitative estimate of drug-likeness (QED) is 0.751. The van der Waals surface area contributed by atoms with Gasteiger partial charge in [0.15, 0.2) is 11.5 Å². The van der Waals surface area contributed by atoms with Gasteiger partial charge in [-0.1, -0.05) is 0 Å². The zero-order valence-corrected chi connectivity index (χ0v) is 10.7. The Labute approximate surface area is 114 Å². The molecular weight excluding hydrogens is 263 g/mol. The molecule has 0 saturated carbocycles. The van der Waals surface area contributed by atoms with Gasteiger partial charge in [0, 0.05) is 11.3 Å². The summed E-state index contributed by atoms with van der Waals surface area (Å²) in [5.41, 5.74) is 5.85. The highest BCUT2D eigenvalue weighted by Gasteiger charge is 2.10. The highest BCUT2D eigenvalue weighted by Crippen LogP contribution is 2.26. The van der Waals surface area contributed by atoms with Crippen molar-refractivity contribution in [2.24, 2.45) is 0 Å². The second kappa shape index (κ2) is 5.48. The lowest BCUT2D eigenvalue weighted by molar-refractivity contribution is 0.102. The van der Waals surface area contributed by atoms with Crippen LogP contribution in [0.25, 0.3) is 0 Å². The predicted molar refractivity (Wildman–Crippen MR) is 73.4 cm³/mol. The molecule has 0 radical (unpaired) electrons. The van der Waals surface area contributed by atoms with Crippen LogP contribution >= 0.6 is 0 Å². The van der Waals surface area contributed by atoms with Crippen molar-refractivity contribution < 1.29 is 19.0 Å². The van der Waals surface area contributed by atoms with E-state index in [-0.39, 0.29) is 28.4 Å². The number of phenols is 1. The predicted octanol–water partition coefficient (Wildman–Crippen LogP) is 2.37. The van der Waals surface area contributed by atoms with Gasteiger partial charge in [-0.2, -0.15) is 0 Å². The van der Waals surface area contributed by atoms with Crippen LogP contribution in [-0.4, -0.2) is 18.1 Å². The van der Waals surface area contributed by atoms with Crippen LogP contribution in [0.15, 0.2) is 36.4 Å². The fourth-order valence-corrected chi connectivity index (χ4v) is 1.64.